The molecule has 0 N–H and O–H groups in total. The van der Waals surface area contributed by atoms with Crippen molar-refractivity contribution < 1.29 is 21.3 Å². The molecule has 1 saturated heterocycles. The van der Waals surface area contributed by atoms with E-state index in [0.29, 0.717) is 29.5 Å². The van der Waals surface area contributed by atoms with Gasteiger partial charge in [-0.15, -0.1) is 0 Å². The third-order valence-electron chi connectivity index (χ3n) is 5.69. The molecule has 2 aliphatic rings. The van der Waals surface area contributed by atoms with E-state index in [4.69, 9.17) is 16.9 Å². The summed E-state index contributed by atoms with van der Waals surface area (Å²) in [6.07, 6.45) is -4.16. The Hall–Kier alpha value is -2.54. The lowest BCUT2D eigenvalue weighted by Gasteiger charge is -2.31. The second-order valence-corrected chi connectivity index (χ2v) is 7.60. The standard InChI is InChI=1S/C23H27FN4O2/c1-15-18(23(29)28-10-3-2-4-21(28)25-15)9-13-27-11-7-16(8-12-27)22-19-6-5-17(24)14-20(19)30-26-22/h5-6,14,16H,2-4,7-13H2,1H3/i1D3,4D2,9D2,13D2. The number of nitrogens with zero attached hydrogens (tertiary/aromatic N) is 4. The molecule has 3 aromatic rings. The molecule has 0 saturated carbocycles. The molecule has 2 aromatic heterocycles. The van der Waals surface area contributed by atoms with Crippen molar-refractivity contribution in [2.24, 2.45) is 0 Å². The lowest BCUT2D eigenvalue weighted by atomic mass is 9.91. The molecule has 0 aliphatic carbocycles. The van der Waals surface area contributed by atoms with Crippen LogP contribution in [0.4, 0.5) is 4.39 Å². The fourth-order valence-electron chi connectivity index (χ4n) is 4.07. The van der Waals surface area contributed by atoms with Crippen molar-refractivity contribution in [1.82, 2.24) is 19.6 Å². The van der Waals surface area contributed by atoms with Gasteiger partial charge in [0.2, 0.25) is 0 Å². The predicted octanol–water partition coefficient (Wildman–Crippen LogP) is 3.59. The number of hydrogen-bond acceptors (Lipinski definition) is 5. The van der Waals surface area contributed by atoms with Crippen LogP contribution in [0.25, 0.3) is 11.0 Å². The zero-order valence-corrected chi connectivity index (χ0v) is 16.2. The van der Waals surface area contributed by atoms with Crippen molar-refractivity contribution in [2.75, 3.05) is 19.6 Å². The molecule has 0 spiro atoms. The summed E-state index contributed by atoms with van der Waals surface area (Å²) in [5.74, 6) is -1.01. The molecular weight excluding hydrogens is 383 g/mol. The summed E-state index contributed by atoms with van der Waals surface area (Å²) >= 11 is 0. The predicted molar refractivity (Wildman–Crippen MR) is 112 cm³/mol. The fraction of sp³-hybridized carbons (Fsp3) is 0.522. The maximum Gasteiger partial charge on any atom is 0.256 e. The summed E-state index contributed by atoms with van der Waals surface area (Å²) in [7, 11) is 0. The van der Waals surface area contributed by atoms with Crippen molar-refractivity contribution in [1.29, 1.82) is 0 Å². The number of likely N-dealkylation sites (tertiary alicyclic amines) is 1. The van der Waals surface area contributed by atoms with Crippen molar-refractivity contribution in [2.45, 2.75) is 57.7 Å². The normalized spacial score (nSPS) is 25.6. The summed E-state index contributed by atoms with van der Waals surface area (Å²) in [5, 5.41) is 4.72. The van der Waals surface area contributed by atoms with E-state index in [1.807, 2.05) is 0 Å². The van der Waals surface area contributed by atoms with Crippen LogP contribution in [0.1, 0.15) is 66.7 Å². The molecule has 158 valence electrons. The van der Waals surface area contributed by atoms with Gasteiger partial charge < -0.3 is 9.42 Å². The van der Waals surface area contributed by atoms with Crippen LogP contribution in [-0.4, -0.2) is 39.2 Å². The van der Waals surface area contributed by atoms with Crippen LogP contribution in [0, 0.1) is 12.7 Å². The molecule has 0 atom stereocenters. The Labute approximate surface area is 187 Å². The Kier molecular flexibility index (Phi) is 3.11. The Morgan fingerprint density at radius 1 is 1.33 bits per heavy atom. The van der Waals surface area contributed by atoms with Crippen molar-refractivity contribution >= 4 is 11.0 Å². The SMILES string of the molecule is [2H]C([2H])([2H])c1nc2n(c(=O)c1C([2H])([2H])C([2H])([2H])N1CCC(c3noc4cc(F)ccc34)CC1)CCCC2([2H])[2H]. The zero-order chi connectivity index (χ0) is 28.5. The first-order valence-electron chi connectivity index (χ1n) is 14.5. The van der Waals surface area contributed by atoms with Crippen molar-refractivity contribution in [3.8, 4) is 0 Å². The van der Waals surface area contributed by atoms with E-state index in [1.54, 1.807) is 6.07 Å². The van der Waals surface area contributed by atoms with Crippen LogP contribution in [0.15, 0.2) is 27.5 Å². The third kappa shape index (κ3) is 3.55. The number of rotatable bonds is 4. The molecular formula is C23H27FN4O2. The molecule has 30 heavy (non-hydrogen) atoms. The minimum Gasteiger partial charge on any atom is -0.356 e. The average molecular weight is 420 g/mol. The molecule has 0 amide bonds. The molecule has 7 heteroatoms. The Morgan fingerprint density at radius 3 is 3.03 bits per heavy atom. The summed E-state index contributed by atoms with van der Waals surface area (Å²) in [6.45, 7) is -5.73. The monoisotopic (exact) mass is 419 g/mol. The number of hydrogen-bond donors (Lipinski definition) is 0. The molecule has 0 bridgehead atoms. The molecule has 5 rings (SSSR count). The van der Waals surface area contributed by atoms with Crippen molar-refractivity contribution in [3.63, 3.8) is 0 Å². The van der Waals surface area contributed by atoms with E-state index in [2.05, 4.69) is 10.1 Å². The Balaban J connectivity index is 1.48. The van der Waals surface area contributed by atoms with Gasteiger partial charge in [-0.3, -0.25) is 9.36 Å². The van der Waals surface area contributed by atoms with Gasteiger partial charge in [0.1, 0.15) is 11.6 Å². The van der Waals surface area contributed by atoms with Gasteiger partial charge in [-0.1, -0.05) is 5.16 Å². The first-order valence-corrected chi connectivity index (χ1v) is 10.0. The van der Waals surface area contributed by atoms with Gasteiger partial charge >= 0.3 is 0 Å². The highest BCUT2D eigenvalue weighted by molar-refractivity contribution is 5.79. The number of aromatic nitrogens is 3. The minimum atomic E-state index is -3.10. The summed E-state index contributed by atoms with van der Waals surface area (Å²) in [4.78, 5) is 18.7. The first-order chi connectivity index (χ1) is 18.1. The largest absolute Gasteiger partial charge is 0.356 e. The van der Waals surface area contributed by atoms with Gasteiger partial charge in [0.15, 0.2) is 5.58 Å². The molecule has 1 fully saturated rings. The first kappa shape index (κ1) is 11.7. The summed E-state index contributed by atoms with van der Waals surface area (Å²) in [6, 6.07) is 4.09. The zero-order valence-electron chi connectivity index (χ0n) is 25.2. The van der Waals surface area contributed by atoms with Crippen molar-refractivity contribution in [3.05, 3.63) is 57.1 Å². The smallest absolute Gasteiger partial charge is 0.256 e. The fourth-order valence-corrected chi connectivity index (χ4v) is 4.07. The van der Waals surface area contributed by atoms with E-state index in [0.717, 1.165) is 4.57 Å². The van der Waals surface area contributed by atoms with Gasteiger partial charge in [0, 0.05) is 60.4 Å². The summed E-state index contributed by atoms with van der Waals surface area (Å²) < 4.78 is 95.1. The lowest BCUT2D eigenvalue weighted by Crippen LogP contribution is -2.37. The summed E-state index contributed by atoms with van der Waals surface area (Å²) in [5.41, 5.74) is -2.03. The van der Waals surface area contributed by atoms with Crippen LogP contribution in [0.2, 0.25) is 0 Å². The molecule has 4 heterocycles. The number of benzene rings is 1. The highest BCUT2D eigenvalue weighted by Crippen LogP contribution is 2.32. The second-order valence-electron chi connectivity index (χ2n) is 7.60. The van der Waals surface area contributed by atoms with Gasteiger partial charge in [0.25, 0.3) is 5.56 Å². The minimum absolute atomic E-state index is 0.0228. The molecule has 0 unspecified atom stereocenters. The van der Waals surface area contributed by atoms with Gasteiger partial charge in [-0.25, -0.2) is 9.37 Å². The number of aryl methyl sites for hydroxylation is 2. The van der Waals surface area contributed by atoms with Gasteiger partial charge in [0.05, 0.1) is 5.69 Å². The molecule has 0 radical (unpaired) electrons. The molecule has 2 aliphatic heterocycles. The van der Waals surface area contributed by atoms with Crippen LogP contribution in [-0.2, 0) is 19.3 Å². The maximum atomic E-state index is 13.5. The van der Waals surface area contributed by atoms with Crippen LogP contribution in [0.5, 0.6) is 0 Å². The highest BCUT2D eigenvalue weighted by Gasteiger charge is 2.25. The number of halogens is 1. The second kappa shape index (κ2) is 7.95. The van der Waals surface area contributed by atoms with E-state index < -0.39 is 48.7 Å². The van der Waals surface area contributed by atoms with E-state index in [9.17, 15) is 9.18 Å². The van der Waals surface area contributed by atoms with Gasteiger partial charge in [-0.05, 0) is 64.1 Å². The molecule has 6 nitrogen and oxygen atoms in total. The highest BCUT2D eigenvalue weighted by atomic mass is 19.1. The number of fused-ring (bicyclic) bond motifs is 2. The van der Waals surface area contributed by atoms with E-state index >= 15 is 0 Å². The quantitative estimate of drug-likeness (QED) is 0.647. The topological polar surface area (TPSA) is 64.2 Å². The lowest BCUT2D eigenvalue weighted by molar-refractivity contribution is 0.211. The number of piperidine rings is 1. The van der Waals surface area contributed by atoms with Crippen LogP contribution in [0.3, 0.4) is 0 Å². The Bertz CT molecular complexity index is 1480. The molecule has 1 aromatic carbocycles. The average Bonchev–Trinajstić information content (AvgIpc) is 3.26. The third-order valence-corrected chi connectivity index (χ3v) is 5.69. The van der Waals surface area contributed by atoms with Gasteiger partial charge in [-0.2, -0.15) is 0 Å². The van der Waals surface area contributed by atoms with E-state index in [-0.39, 0.29) is 44.2 Å². The Morgan fingerprint density at radius 2 is 2.20 bits per heavy atom. The maximum absolute atomic E-state index is 13.5. The van der Waals surface area contributed by atoms with Crippen LogP contribution < -0.4 is 5.56 Å². The van der Waals surface area contributed by atoms with Crippen LogP contribution >= 0.6 is 0 Å². The van der Waals surface area contributed by atoms with E-state index in [1.165, 1.54) is 17.0 Å².